The third-order valence-electron chi connectivity index (χ3n) is 3.39. The highest BCUT2D eigenvalue weighted by Gasteiger charge is 2.30. The molecule has 2 nitrogen and oxygen atoms in total. The Kier molecular flexibility index (Phi) is 4.66. The van der Waals surface area contributed by atoms with E-state index in [0.29, 0.717) is 5.56 Å². The molecule has 0 saturated heterocycles. The Labute approximate surface area is 133 Å². The van der Waals surface area contributed by atoms with Crippen molar-refractivity contribution in [2.45, 2.75) is 18.0 Å². The highest BCUT2D eigenvalue weighted by molar-refractivity contribution is 7.91. The number of rotatable bonds is 4. The average Bonchev–Trinajstić information content (AvgIpc) is 2.46. The van der Waals surface area contributed by atoms with E-state index in [0.717, 1.165) is 12.1 Å². The van der Waals surface area contributed by atoms with Crippen molar-refractivity contribution in [2.24, 2.45) is 0 Å². The van der Waals surface area contributed by atoms with Gasteiger partial charge >= 0.3 is 6.18 Å². The van der Waals surface area contributed by atoms with E-state index in [2.05, 4.69) is 6.58 Å². The Morgan fingerprint density at radius 1 is 1.09 bits per heavy atom. The van der Waals surface area contributed by atoms with Gasteiger partial charge in [-0.05, 0) is 41.8 Å². The van der Waals surface area contributed by atoms with Gasteiger partial charge in [0.1, 0.15) is 0 Å². The maximum absolute atomic E-state index is 12.7. The molecule has 0 saturated carbocycles. The zero-order valence-electron chi connectivity index (χ0n) is 12.4. The summed E-state index contributed by atoms with van der Waals surface area (Å²) in [6.45, 7) is 5.31. The zero-order valence-corrected chi connectivity index (χ0v) is 13.2. The van der Waals surface area contributed by atoms with Crippen LogP contribution in [0.4, 0.5) is 13.2 Å². The van der Waals surface area contributed by atoms with Crippen molar-refractivity contribution in [3.8, 4) is 0 Å². The second kappa shape index (κ2) is 6.20. The summed E-state index contributed by atoms with van der Waals surface area (Å²) in [4.78, 5) is 0.160. The van der Waals surface area contributed by atoms with Gasteiger partial charge < -0.3 is 0 Å². The lowest BCUT2D eigenvalue weighted by atomic mass is 10.1. The summed E-state index contributed by atoms with van der Waals surface area (Å²) in [6, 6.07) is 11.0. The molecule has 0 bridgehead atoms. The van der Waals surface area contributed by atoms with Crippen LogP contribution in [0, 0.1) is 6.92 Å². The largest absolute Gasteiger partial charge is 0.416 e. The second-order valence-electron chi connectivity index (χ2n) is 5.21. The third kappa shape index (κ3) is 4.01. The summed E-state index contributed by atoms with van der Waals surface area (Å²) >= 11 is 0. The van der Waals surface area contributed by atoms with Crippen molar-refractivity contribution >= 4 is 15.4 Å². The van der Waals surface area contributed by atoms with Crippen LogP contribution in [0.3, 0.4) is 0 Å². The topological polar surface area (TPSA) is 34.1 Å². The Hall–Kier alpha value is -2.08. The van der Waals surface area contributed by atoms with Crippen LogP contribution in [0.1, 0.15) is 16.7 Å². The predicted octanol–water partition coefficient (Wildman–Crippen LogP) is 4.50. The van der Waals surface area contributed by atoms with E-state index in [-0.39, 0.29) is 16.0 Å². The molecule has 0 unspecified atom stereocenters. The minimum absolute atomic E-state index is 0.124. The fraction of sp³-hybridized carbons (Fsp3) is 0.176. The van der Waals surface area contributed by atoms with E-state index in [9.17, 15) is 21.6 Å². The van der Waals surface area contributed by atoms with Gasteiger partial charge in [-0.1, -0.05) is 36.9 Å². The molecule has 0 heterocycles. The van der Waals surface area contributed by atoms with E-state index >= 15 is 0 Å². The first-order valence-electron chi connectivity index (χ1n) is 6.75. The number of hydrogen-bond acceptors (Lipinski definition) is 2. The fourth-order valence-electron chi connectivity index (χ4n) is 2.21. The van der Waals surface area contributed by atoms with Crippen LogP contribution in [0.5, 0.6) is 0 Å². The molecular formula is C17H15F3O2S. The molecule has 0 aliphatic carbocycles. The van der Waals surface area contributed by atoms with Crippen molar-refractivity contribution in [2.75, 3.05) is 5.75 Å². The SMILES string of the molecule is C=C(CS(=O)(=O)c1ccccc1C)c1cccc(C(F)(F)F)c1. The van der Waals surface area contributed by atoms with Gasteiger partial charge in [0.05, 0.1) is 16.2 Å². The van der Waals surface area contributed by atoms with Gasteiger partial charge in [-0.3, -0.25) is 0 Å². The molecule has 0 aliphatic heterocycles. The Morgan fingerprint density at radius 3 is 2.35 bits per heavy atom. The number of hydrogen-bond donors (Lipinski definition) is 0. The van der Waals surface area contributed by atoms with Crippen molar-refractivity contribution in [1.82, 2.24) is 0 Å². The Balaban J connectivity index is 2.31. The molecule has 0 aromatic heterocycles. The lowest BCUT2D eigenvalue weighted by Crippen LogP contribution is -2.10. The molecule has 23 heavy (non-hydrogen) atoms. The Bertz CT molecular complexity index is 837. The number of halogens is 3. The van der Waals surface area contributed by atoms with E-state index < -0.39 is 27.3 Å². The second-order valence-corrected chi connectivity index (χ2v) is 7.16. The fourth-order valence-corrected chi connectivity index (χ4v) is 3.84. The summed E-state index contributed by atoms with van der Waals surface area (Å²) in [7, 11) is -3.67. The molecule has 2 aromatic carbocycles. The van der Waals surface area contributed by atoms with E-state index in [4.69, 9.17) is 0 Å². The number of aryl methyl sites for hydroxylation is 1. The smallest absolute Gasteiger partial charge is 0.223 e. The van der Waals surface area contributed by atoms with Gasteiger partial charge in [0.25, 0.3) is 0 Å². The molecule has 0 radical (unpaired) electrons. The van der Waals surface area contributed by atoms with Crippen LogP contribution in [0.15, 0.2) is 60.0 Å². The van der Waals surface area contributed by atoms with Crippen LogP contribution in [0.25, 0.3) is 5.57 Å². The molecule has 0 amide bonds. The van der Waals surface area contributed by atoms with E-state index in [1.165, 1.54) is 18.2 Å². The first kappa shape index (κ1) is 17.3. The molecule has 0 atom stereocenters. The summed E-state index contributed by atoms with van der Waals surface area (Å²) in [5, 5.41) is 0. The maximum atomic E-state index is 12.7. The summed E-state index contributed by atoms with van der Waals surface area (Å²) in [6.07, 6.45) is -4.48. The van der Waals surface area contributed by atoms with Crippen LogP contribution >= 0.6 is 0 Å². The average molecular weight is 340 g/mol. The quantitative estimate of drug-likeness (QED) is 0.821. The highest BCUT2D eigenvalue weighted by atomic mass is 32.2. The number of benzene rings is 2. The molecule has 0 fully saturated rings. The van der Waals surface area contributed by atoms with Crippen LogP contribution in [0.2, 0.25) is 0 Å². The van der Waals surface area contributed by atoms with Gasteiger partial charge in [0.2, 0.25) is 0 Å². The van der Waals surface area contributed by atoms with E-state index in [1.807, 2.05) is 0 Å². The molecule has 0 aliphatic rings. The minimum atomic E-state index is -4.48. The van der Waals surface area contributed by atoms with Gasteiger partial charge in [0.15, 0.2) is 9.84 Å². The number of alkyl halides is 3. The number of sulfone groups is 1. The predicted molar refractivity (Wildman–Crippen MR) is 83.7 cm³/mol. The molecule has 0 spiro atoms. The summed E-state index contributed by atoms with van der Waals surface area (Å²) in [5.74, 6) is -0.431. The lowest BCUT2D eigenvalue weighted by molar-refractivity contribution is -0.137. The molecular weight excluding hydrogens is 325 g/mol. The van der Waals surface area contributed by atoms with Gasteiger partial charge in [0, 0.05) is 0 Å². The van der Waals surface area contributed by atoms with Crippen LogP contribution in [-0.2, 0) is 16.0 Å². The van der Waals surface area contributed by atoms with Gasteiger partial charge in [-0.2, -0.15) is 13.2 Å². The first-order chi connectivity index (χ1) is 10.6. The van der Waals surface area contributed by atoms with E-state index in [1.54, 1.807) is 25.1 Å². The van der Waals surface area contributed by atoms with Crippen molar-refractivity contribution in [1.29, 1.82) is 0 Å². The van der Waals surface area contributed by atoms with Crippen molar-refractivity contribution in [3.63, 3.8) is 0 Å². The summed E-state index contributed by atoms with van der Waals surface area (Å²) in [5.41, 5.74) is 0.0464. The molecule has 2 rings (SSSR count). The summed E-state index contributed by atoms with van der Waals surface area (Å²) < 4.78 is 63.1. The zero-order chi connectivity index (χ0) is 17.3. The monoisotopic (exact) mass is 340 g/mol. The van der Waals surface area contributed by atoms with Crippen molar-refractivity contribution < 1.29 is 21.6 Å². The van der Waals surface area contributed by atoms with Crippen LogP contribution in [-0.4, -0.2) is 14.2 Å². The van der Waals surface area contributed by atoms with Gasteiger partial charge in [-0.25, -0.2) is 8.42 Å². The minimum Gasteiger partial charge on any atom is -0.223 e. The van der Waals surface area contributed by atoms with Gasteiger partial charge in [-0.15, -0.1) is 0 Å². The third-order valence-corrected chi connectivity index (χ3v) is 5.25. The first-order valence-corrected chi connectivity index (χ1v) is 8.40. The molecule has 122 valence electrons. The standard InChI is InChI=1S/C17H15F3O2S/c1-12-6-3-4-9-16(12)23(21,22)11-13(2)14-7-5-8-15(10-14)17(18,19)20/h3-10H,2,11H2,1H3. The molecule has 6 heteroatoms. The molecule has 0 N–H and O–H groups in total. The lowest BCUT2D eigenvalue weighted by Gasteiger charge is -2.12. The Morgan fingerprint density at radius 2 is 1.74 bits per heavy atom. The van der Waals surface area contributed by atoms with Crippen molar-refractivity contribution in [3.05, 3.63) is 71.8 Å². The molecule has 2 aromatic rings. The maximum Gasteiger partial charge on any atom is 0.416 e. The normalized spacial score (nSPS) is 12.2. The highest BCUT2D eigenvalue weighted by Crippen LogP contribution is 2.31. The van der Waals surface area contributed by atoms with Crippen LogP contribution < -0.4 is 0 Å².